The number of H-pyrrole nitrogens is 1. The molecule has 11 nitrogen and oxygen atoms in total. The van der Waals surface area contributed by atoms with E-state index in [9.17, 15) is 25.5 Å². The molecule has 8 N–H and O–H groups in total. The third kappa shape index (κ3) is 10.5. The van der Waals surface area contributed by atoms with Crippen molar-refractivity contribution in [3.05, 3.63) is 160 Å². The number of nitrogens with one attached hydrogen (secondary N) is 3. The highest BCUT2D eigenvalue weighted by molar-refractivity contribution is 8.76. The minimum atomic E-state index is -1.37. The van der Waals surface area contributed by atoms with Gasteiger partial charge in [0, 0.05) is 55.2 Å². The van der Waals surface area contributed by atoms with Crippen molar-refractivity contribution in [1.29, 1.82) is 0 Å². The summed E-state index contributed by atoms with van der Waals surface area (Å²) in [5, 5.41) is 65.7. The van der Waals surface area contributed by atoms with E-state index in [-0.39, 0.29) is 42.6 Å². The molecule has 13 heteroatoms. The van der Waals surface area contributed by atoms with Crippen molar-refractivity contribution >= 4 is 38.1 Å². The van der Waals surface area contributed by atoms with E-state index in [4.69, 9.17) is 9.47 Å². The number of methoxy groups -OCH3 is 1. The van der Waals surface area contributed by atoms with Crippen molar-refractivity contribution in [1.82, 2.24) is 15.6 Å². The fraction of sp³-hybridized carbons (Fsp3) is 0.352. The van der Waals surface area contributed by atoms with Gasteiger partial charge >= 0.3 is 0 Å². The van der Waals surface area contributed by atoms with Gasteiger partial charge in [-0.3, -0.25) is 10.1 Å². The molecule has 0 spiro atoms. The van der Waals surface area contributed by atoms with Gasteiger partial charge in [-0.15, -0.1) is 0 Å². The number of Topliss-reactive ketones (excluding diaryl/α,β-unsaturated/α-hetero) is 1. The number of aliphatic hydroxyl groups is 2. The lowest BCUT2D eigenvalue weighted by Crippen LogP contribution is -2.41. The largest absolute Gasteiger partial charge is 0.508 e. The number of aromatic amines is 1. The number of aliphatic hydroxyl groups excluding tert-OH is 1. The van der Waals surface area contributed by atoms with Gasteiger partial charge in [0.05, 0.1) is 29.5 Å². The van der Waals surface area contributed by atoms with Crippen LogP contribution in [0.15, 0.2) is 109 Å². The number of benzene rings is 5. The fourth-order valence-electron chi connectivity index (χ4n) is 9.87. The molecule has 0 saturated carbocycles. The number of carbonyl (C=O) groups excluding carboxylic acids is 1. The summed E-state index contributed by atoms with van der Waals surface area (Å²) >= 11 is 0. The molecule has 8 rings (SSSR count). The molecular formula is C54H61N3O8S2. The van der Waals surface area contributed by atoms with Gasteiger partial charge in [0.15, 0.2) is 23.0 Å². The average molecular weight is 944 g/mol. The molecule has 1 aromatic heterocycles. The SMILES string of the molecule is CCc1ccc2ccccc2c1Cc1c(CC(Cc2cc[nH]c2)C(O)CC(=O)C2(c3cc(O)cc(CNC)c3)C=CC3SSCC(C)(O)CNCOc4c(O)ccc(c43)C2)ccc(O)c1OC. The van der Waals surface area contributed by atoms with E-state index in [0.29, 0.717) is 55.2 Å². The van der Waals surface area contributed by atoms with Crippen LogP contribution in [-0.4, -0.2) is 81.2 Å². The molecule has 5 atom stereocenters. The Morgan fingerprint density at radius 2 is 1.78 bits per heavy atom. The average Bonchev–Trinajstić information content (AvgIpc) is 3.75. The van der Waals surface area contributed by atoms with Crippen LogP contribution in [0, 0.1) is 5.92 Å². The Bertz CT molecular complexity index is 2740. The summed E-state index contributed by atoms with van der Waals surface area (Å²) in [6, 6.07) is 26.8. The number of hydrogen-bond donors (Lipinski definition) is 8. The normalized spacial score (nSPS) is 20.5. The van der Waals surface area contributed by atoms with Gasteiger partial charge in [0.25, 0.3) is 0 Å². The molecule has 0 fully saturated rings. The first kappa shape index (κ1) is 48.1. The smallest absolute Gasteiger partial charge is 0.167 e. The third-order valence-electron chi connectivity index (χ3n) is 13.3. The van der Waals surface area contributed by atoms with Gasteiger partial charge in [-0.2, -0.15) is 0 Å². The van der Waals surface area contributed by atoms with E-state index >= 15 is 4.79 Å². The van der Waals surface area contributed by atoms with Crippen LogP contribution < -0.4 is 20.1 Å². The van der Waals surface area contributed by atoms with Crippen molar-refractivity contribution in [3.63, 3.8) is 0 Å². The number of allylic oxidation sites excluding steroid dienone is 1. The Morgan fingerprint density at radius 3 is 2.55 bits per heavy atom. The summed E-state index contributed by atoms with van der Waals surface area (Å²) in [7, 11) is 6.40. The number of ketones is 1. The maximum atomic E-state index is 15.7. The molecule has 0 radical (unpaired) electrons. The maximum Gasteiger partial charge on any atom is 0.167 e. The molecule has 2 aliphatic rings. The monoisotopic (exact) mass is 943 g/mol. The van der Waals surface area contributed by atoms with Gasteiger partial charge in [-0.05, 0) is 126 Å². The highest BCUT2D eigenvalue weighted by atomic mass is 33.1. The van der Waals surface area contributed by atoms with E-state index in [2.05, 4.69) is 46.8 Å². The lowest BCUT2D eigenvalue weighted by molar-refractivity contribution is -0.125. The van der Waals surface area contributed by atoms with Gasteiger partial charge in [-0.25, -0.2) is 0 Å². The Hall–Kier alpha value is -5.41. The lowest BCUT2D eigenvalue weighted by Gasteiger charge is -2.33. The minimum Gasteiger partial charge on any atom is -0.508 e. The quantitative estimate of drug-likeness (QED) is 0.0364. The van der Waals surface area contributed by atoms with Crippen LogP contribution in [0.25, 0.3) is 10.8 Å². The zero-order valence-electron chi connectivity index (χ0n) is 38.5. The van der Waals surface area contributed by atoms with Crippen LogP contribution in [-0.2, 0) is 48.9 Å². The molecule has 2 heterocycles. The molecule has 0 amide bonds. The van der Waals surface area contributed by atoms with Crippen LogP contribution >= 0.6 is 21.6 Å². The van der Waals surface area contributed by atoms with Crippen LogP contribution in [0.4, 0.5) is 0 Å². The highest BCUT2D eigenvalue weighted by Gasteiger charge is 2.44. The molecule has 5 unspecified atom stereocenters. The molecular weight excluding hydrogens is 883 g/mol. The second-order valence-electron chi connectivity index (χ2n) is 18.2. The Balaban J connectivity index is 1.21. The summed E-state index contributed by atoms with van der Waals surface area (Å²) in [6.07, 6.45) is 8.55. The summed E-state index contributed by atoms with van der Waals surface area (Å²) < 4.78 is 12.2. The number of aryl methyl sites for hydroxylation is 1. The Labute approximate surface area is 400 Å². The predicted octanol–water partition coefficient (Wildman–Crippen LogP) is 8.75. The van der Waals surface area contributed by atoms with Gasteiger partial charge in [0.2, 0.25) is 0 Å². The number of hydrogen-bond acceptors (Lipinski definition) is 12. The zero-order valence-corrected chi connectivity index (χ0v) is 40.1. The zero-order chi connectivity index (χ0) is 47.3. The van der Waals surface area contributed by atoms with Crippen molar-refractivity contribution in [2.75, 3.05) is 33.2 Å². The molecule has 0 bridgehead atoms. The van der Waals surface area contributed by atoms with Crippen molar-refractivity contribution < 1.29 is 39.8 Å². The van der Waals surface area contributed by atoms with Crippen LogP contribution in [0.5, 0.6) is 28.7 Å². The van der Waals surface area contributed by atoms with Crippen molar-refractivity contribution in [3.8, 4) is 28.7 Å². The van der Waals surface area contributed by atoms with Crippen molar-refractivity contribution in [2.24, 2.45) is 5.92 Å². The van der Waals surface area contributed by atoms with Gasteiger partial charge in [-0.1, -0.05) is 95.3 Å². The highest BCUT2D eigenvalue weighted by Crippen LogP contribution is 2.52. The number of aromatic nitrogens is 1. The summed E-state index contributed by atoms with van der Waals surface area (Å²) in [6.45, 7) is 4.68. The Kier molecular flexibility index (Phi) is 15.0. The van der Waals surface area contributed by atoms with E-state index in [0.717, 1.165) is 56.1 Å². The summed E-state index contributed by atoms with van der Waals surface area (Å²) in [5.74, 6) is 0.383. The number of aromatic hydroxyl groups is 3. The second kappa shape index (κ2) is 20.8. The molecule has 1 aliphatic heterocycles. The summed E-state index contributed by atoms with van der Waals surface area (Å²) in [5.41, 5.74) is 5.47. The van der Waals surface area contributed by atoms with Crippen LogP contribution in [0.2, 0.25) is 0 Å². The first-order chi connectivity index (χ1) is 32.3. The van der Waals surface area contributed by atoms with E-state index in [1.165, 1.54) is 27.2 Å². The standard InChI is InChI=1S/C54H61N3O8S2/c1-5-35-10-11-36-8-6-7-9-42(36)43(35)25-44-37(12-14-45(59)51(44)64-4)23-39(20-33-17-19-56-29-33)47(61)26-49(62)54(40-21-34(28-55-3)22-41(58)24-40)18-16-48-50-38(27-54)13-15-46(60)52(50)65-32-57-30-53(2,63)31-66-67-48/h6-19,21-22,24,29,39,47-48,55-61,63H,5,20,23,25-28,30-32H2,1-4H3. The number of ether oxygens (including phenoxy) is 2. The first-order valence-corrected chi connectivity index (χ1v) is 25.3. The predicted molar refractivity (Wildman–Crippen MR) is 269 cm³/mol. The number of phenols is 3. The second-order valence-corrected chi connectivity index (χ2v) is 20.7. The molecule has 1 aliphatic carbocycles. The van der Waals surface area contributed by atoms with E-state index in [1.807, 2.05) is 68.0 Å². The number of phenolic OH excluding ortho intramolecular Hbond substituents is 3. The molecule has 5 aromatic carbocycles. The van der Waals surface area contributed by atoms with E-state index in [1.54, 1.807) is 38.3 Å². The van der Waals surface area contributed by atoms with Crippen molar-refractivity contribution in [2.45, 2.75) is 81.3 Å². The van der Waals surface area contributed by atoms with Gasteiger partial charge < -0.3 is 45.3 Å². The Morgan fingerprint density at radius 1 is 0.970 bits per heavy atom. The van der Waals surface area contributed by atoms with E-state index < -0.39 is 28.3 Å². The number of β-amino-alcohol motifs (C(OH)–C–C–N with tert-alkyl or cyclic N) is 1. The first-order valence-electron chi connectivity index (χ1n) is 22.9. The van der Waals surface area contributed by atoms with Gasteiger partial charge in [0.1, 0.15) is 18.3 Å². The number of fused-ring (bicyclic) bond motifs is 1. The van der Waals surface area contributed by atoms with Crippen LogP contribution in [0.3, 0.4) is 0 Å². The molecule has 0 saturated heterocycles. The van der Waals surface area contributed by atoms with Crippen LogP contribution in [0.1, 0.15) is 75.6 Å². The third-order valence-corrected chi connectivity index (χ3v) is 16.2. The minimum absolute atomic E-state index is 0.0107. The topological polar surface area (TPSA) is 177 Å². The number of rotatable bonds is 15. The maximum absolute atomic E-state index is 15.7. The molecule has 6 aromatic rings. The number of carbonyl (C=O) groups is 1. The lowest BCUT2D eigenvalue weighted by atomic mass is 9.69. The summed E-state index contributed by atoms with van der Waals surface area (Å²) in [4.78, 5) is 18.9. The fourth-order valence-corrected chi connectivity index (χ4v) is 12.8. The molecule has 352 valence electrons. The molecule has 67 heavy (non-hydrogen) atoms.